The van der Waals surface area contributed by atoms with Gasteiger partial charge in [-0.25, -0.2) is 0 Å². The fourth-order valence-corrected chi connectivity index (χ4v) is 4.10. The molecule has 0 aliphatic carbocycles. The molecular weight excluding hydrogens is 318 g/mol. The number of nitrogens with zero attached hydrogens (tertiary/aromatic N) is 3. The first-order valence-electron chi connectivity index (χ1n) is 9.19. The van der Waals surface area contributed by atoms with E-state index in [4.69, 9.17) is 9.26 Å². The van der Waals surface area contributed by atoms with E-state index >= 15 is 0 Å². The summed E-state index contributed by atoms with van der Waals surface area (Å²) >= 11 is 0. The molecule has 2 aliphatic heterocycles. The maximum Gasteiger partial charge on any atom is 0.228 e. The second kappa shape index (κ2) is 7.14. The zero-order chi connectivity index (χ0) is 17.2. The first kappa shape index (κ1) is 16.5. The van der Waals surface area contributed by atoms with Crippen molar-refractivity contribution in [2.24, 2.45) is 5.92 Å². The third-order valence-corrected chi connectivity index (χ3v) is 5.57. The molecule has 2 fully saturated rings. The largest absolute Gasteiger partial charge is 0.379 e. The Morgan fingerprint density at radius 2 is 2.04 bits per heavy atom. The standard InChI is InChI=1S/C19H25N3O3/c1-2-14-12-22(13-17(14)21-7-9-24-10-8-21)19(23)11-16-15-5-3-4-6-18(15)25-20-16/h3-6,14,17H,2,7-13H2,1H3/t14-,17-/m1/s1. The normalized spacial score (nSPS) is 24.9. The SMILES string of the molecule is CC[C@@H]1CN(C(=O)Cc2noc3ccccc23)C[C@H]1N1CCOCC1. The molecule has 0 radical (unpaired) electrons. The molecule has 25 heavy (non-hydrogen) atoms. The number of carbonyl (C=O) groups excluding carboxylic acids is 1. The second-order valence-electron chi connectivity index (χ2n) is 6.98. The van der Waals surface area contributed by atoms with Gasteiger partial charge in [-0.05, 0) is 18.1 Å². The van der Waals surface area contributed by atoms with Crippen LogP contribution in [-0.2, 0) is 16.0 Å². The smallest absolute Gasteiger partial charge is 0.228 e. The van der Waals surface area contributed by atoms with Crippen molar-refractivity contribution in [2.45, 2.75) is 25.8 Å². The highest BCUT2D eigenvalue weighted by Gasteiger charge is 2.38. The summed E-state index contributed by atoms with van der Waals surface area (Å²) in [6, 6.07) is 8.16. The van der Waals surface area contributed by atoms with Crippen molar-refractivity contribution < 1.29 is 14.1 Å². The van der Waals surface area contributed by atoms with E-state index in [9.17, 15) is 4.79 Å². The molecule has 2 saturated heterocycles. The molecule has 0 saturated carbocycles. The van der Waals surface area contributed by atoms with Crippen LogP contribution in [0.4, 0.5) is 0 Å². The van der Waals surface area contributed by atoms with E-state index in [1.165, 1.54) is 0 Å². The van der Waals surface area contributed by atoms with Gasteiger partial charge in [-0.1, -0.05) is 30.6 Å². The number of aromatic nitrogens is 1. The highest BCUT2D eigenvalue weighted by molar-refractivity contribution is 5.86. The molecule has 2 atom stereocenters. The van der Waals surface area contributed by atoms with Gasteiger partial charge < -0.3 is 14.2 Å². The summed E-state index contributed by atoms with van der Waals surface area (Å²) in [6.07, 6.45) is 1.40. The van der Waals surface area contributed by atoms with Crippen LogP contribution in [0.3, 0.4) is 0 Å². The molecule has 4 rings (SSSR count). The molecular formula is C19H25N3O3. The lowest BCUT2D eigenvalue weighted by atomic mass is 9.99. The van der Waals surface area contributed by atoms with Crippen molar-refractivity contribution in [1.82, 2.24) is 15.0 Å². The topological polar surface area (TPSA) is 58.8 Å². The van der Waals surface area contributed by atoms with E-state index in [0.29, 0.717) is 18.4 Å². The Labute approximate surface area is 147 Å². The highest BCUT2D eigenvalue weighted by Crippen LogP contribution is 2.27. The molecule has 0 unspecified atom stereocenters. The minimum absolute atomic E-state index is 0.147. The first-order chi connectivity index (χ1) is 12.3. The van der Waals surface area contributed by atoms with Gasteiger partial charge in [0.15, 0.2) is 5.58 Å². The van der Waals surface area contributed by atoms with E-state index in [2.05, 4.69) is 17.0 Å². The van der Waals surface area contributed by atoms with Crippen molar-refractivity contribution >= 4 is 16.9 Å². The molecule has 1 amide bonds. The molecule has 0 bridgehead atoms. The Hall–Kier alpha value is -1.92. The maximum absolute atomic E-state index is 12.8. The van der Waals surface area contributed by atoms with Crippen molar-refractivity contribution in [3.8, 4) is 0 Å². The van der Waals surface area contributed by atoms with Crippen LogP contribution in [0.25, 0.3) is 11.0 Å². The first-order valence-corrected chi connectivity index (χ1v) is 9.19. The summed E-state index contributed by atoms with van der Waals surface area (Å²) in [5, 5.41) is 5.04. The van der Waals surface area contributed by atoms with Gasteiger partial charge in [0.1, 0.15) is 5.69 Å². The molecule has 0 N–H and O–H groups in total. The number of benzene rings is 1. The molecule has 1 aromatic heterocycles. The second-order valence-corrected chi connectivity index (χ2v) is 6.98. The minimum Gasteiger partial charge on any atom is -0.379 e. The monoisotopic (exact) mass is 343 g/mol. The van der Waals surface area contributed by atoms with E-state index in [1.807, 2.05) is 29.2 Å². The van der Waals surface area contributed by atoms with Crippen LogP contribution in [0.1, 0.15) is 19.0 Å². The van der Waals surface area contributed by atoms with Crippen LogP contribution >= 0.6 is 0 Å². The lowest BCUT2D eigenvalue weighted by Gasteiger charge is -2.34. The zero-order valence-corrected chi connectivity index (χ0v) is 14.7. The van der Waals surface area contributed by atoms with Gasteiger partial charge in [-0.2, -0.15) is 0 Å². The lowest BCUT2D eigenvalue weighted by Crippen LogP contribution is -2.47. The van der Waals surface area contributed by atoms with Gasteiger partial charge in [0.25, 0.3) is 0 Å². The van der Waals surface area contributed by atoms with Gasteiger partial charge in [-0.15, -0.1) is 0 Å². The van der Waals surface area contributed by atoms with Gasteiger partial charge in [0.2, 0.25) is 5.91 Å². The van der Waals surface area contributed by atoms with Crippen LogP contribution in [-0.4, -0.2) is 66.3 Å². The lowest BCUT2D eigenvalue weighted by molar-refractivity contribution is -0.129. The number of fused-ring (bicyclic) bond motifs is 1. The summed E-state index contributed by atoms with van der Waals surface area (Å²) in [7, 11) is 0. The van der Waals surface area contributed by atoms with E-state index < -0.39 is 0 Å². The quantitative estimate of drug-likeness (QED) is 0.849. The van der Waals surface area contributed by atoms with Crippen molar-refractivity contribution in [1.29, 1.82) is 0 Å². The van der Waals surface area contributed by atoms with Crippen LogP contribution in [0.5, 0.6) is 0 Å². The van der Waals surface area contributed by atoms with E-state index in [1.54, 1.807) is 0 Å². The Morgan fingerprint density at radius 1 is 1.24 bits per heavy atom. The fourth-order valence-electron chi connectivity index (χ4n) is 4.10. The van der Waals surface area contributed by atoms with Crippen LogP contribution < -0.4 is 0 Å². The number of para-hydroxylation sites is 1. The van der Waals surface area contributed by atoms with Crippen LogP contribution in [0.15, 0.2) is 28.8 Å². The summed E-state index contributed by atoms with van der Waals surface area (Å²) in [5.74, 6) is 0.685. The third kappa shape index (κ3) is 3.28. The number of amides is 1. The predicted octanol–water partition coefficient (Wildman–Crippen LogP) is 1.94. The van der Waals surface area contributed by atoms with Gasteiger partial charge in [0.05, 0.1) is 19.6 Å². The number of carbonyl (C=O) groups is 1. The van der Waals surface area contributed by atoms with E-state index in [-0.39, 0.29) is 5.91 Å². The molecule has 2 aliphatic rings. The van der Waals surface area contributed by atoms with Gasteiger partial charge in [0, 0.05) is 37.6 Å². The Kier molecular flexibility index (Phi) is 4.72. The highest BCUT2D eigenvalue weighted by atomic mass is 16.5. The Morgan fingerprint density at radius 3 is 2.84 bits per heavy atom. The summed E-state index contributed by atoms with van der Waals surface area (Å²) in [6.45, 7) is 7.41. The molecule has 2 aromatic rings. The fraction of sp³-hybridized carbons (Fsp3) is 0.579. The number of rotatable bonds is 4. The summed E-state index contributed by atoms with van der Waals surface area (Å²) in [4.78, 5) is 17.4. The molecule has 6 nitrogen and oxygen atoms in total. The van der Waals surface area contributed by atoms with Crippen molar-refractivity contribution in [2.75, 3.05) is 39.4 Å². The number of hydrogen-bond acceptors (Lipinski definition) is 5. The van der Waals surface area contributed by atoms with Crippen molar-refractivity contribution in [3.63, 3.8) is 0 Å². The number of hydrogen-bond donors (Lipinski definition) is 0. The zero-order valence-electron chi connectivity index (χ0n) is 14.7. The van der Waals surface area contributed by atoms with Gasteiger partial charge >= 0.3 is 0 Å². The average molecular weight is 343 g/mol. The molecule has 0 spiro atoms. The van der Waals surface area contributed by atoms with Crippen LogP contribution in [0, 0.1) is 5.92 Å². The van der Waals surface area contributed by atoms with Crippen LogP contribution in [0.2, 0.25) is 0 Å². The summed E-state index contributed by atoms with van der Waals surface area (Å²) < 4.78 is 10.8. The number of ether oxygens (including phenoxy) is 1. The predicted molar refractivity (Wildman–Crippen MR) is 94.3 cm³/mol. The third-order valence-electron chi connectivity index (χ3n) is 5.57. The minimum atomic E-state index is 0.147. The Bertz CT molecular complexity index is 738. The molecule has 6 heteroatoms. The molecule has 134 valence electrons. The Balaban J connectivity index is 1.45. The van der Waals surface area contributed by atoms with Crippen molar-refractivity contribution in [3.05, 3.63) is 30.0 Å². The summed E-state index contributed by atoms with van der Waals surface area (Å²) in [5.41, 5.74) is 1.48. The number of likely N-dealkylation sites (tertiary alicyclic amines) is 1. The van der Waals surface area contributed by atoms with Gasteiger partial charge in [-0.3, -0.25) is 9.69 Å². The number of morpholine rings is 1. The average Bonchev–Trinajstić information content (AvgIpc) is 3.27. The molecule has 1 aromatic carbocycles. The van der Waals surface area contributed by atoms with E-state index in [0.717, 1.165) is 62.5 Å². The molecule has 3 heterocycles. The maximum atomic E-state index is 12.8.